The number of nitrogens with two attached hydrogens (primary N) is 1. The van der Waals surface area contributed by atoms with Crippen LogP contribution in [0.5, 0.6) is 0 Å². The van der Waals surface area contributed by atoms with Crippen LogP contribution in [0, 0.1) is 11.8 Å². The summed E-state index contributed by atoms with van der Waals surface area (Å²) in [6.45, 7) is 2.18. The second-order valence-electron chi connectivity index (χ2n) is 5.30. The SMILES string of the molecule is CC1CC1NC(=O)CC1CCCCC1N.Cl. The van der Waals surface area contributed by atoms with Crippen molar-refractivity contribution < 1.29 is 4.79 Å². The molecule has 3 nitrogen and oxygen atoms in total. The first-order chi connectivity index (χ1) is 7.16. The highest BCUT2D eigenvalue weighted by atomic mass is 35.5. The number of hydrogen-bond acceptors (Lipinski definition) is 2. The number of rotatable bonds is 3. The van der Waals surface area contributed by atoms with Crippen LogP contribution in [0.4, 0.5) is 0 Å². The fraction of sp³-hybridized carbons (Fsp3) is 0.917. The summed E-state index contributed by atoms with van der Waals surface area (Å²) in [6.07, 6.45) is 6.50. The van der Waals surface area contributed by atoms with Crippen LogP contribution < -0.4 is 11.1 Å². The molecule has 2 saturated carbocycles. The number of carbonyl (C=O) groups excluding carboxylic acids is 1. The van der Waals surface area contributed by atoms with E-state index in [4.69, 9.17) is 5.73 Å². The van der Waals surface area contributed by atoms with Gasteiger partial charge in [-0.05, 0) is 31.1 Å². The number of halogens is 1. The molecule has 0 spiro atoms. The molecule has 1 amide bonds. The third kappa shape index (κ3) is 3.63. The van der Waals surface area contributed by atoms with Crippen molar-refractivity contribution in [1.29, 1.82) is 0 Å². The minimum atomic E-state index is 0. The van der Waals surface area contributed by atoms with Crippen molar-refractivity contribution in [2.45, 2.75) is 57.5 Å². The lowest BCUT2D eigenvalue weighted by molar-refractivity contribution is -0.122. The third-order valence-corrected chi connectivity index (χ3v) is 3.87. The van der Waals surface area contributed by atoms with Crippen LogP contribution in [0.3, 0.4) is 0 Å². The van der Waals surface area contributed by atoms with Crippen LogP contribution in [-0.2, 0) is 4.79 Å². The summed E-state index contributed by atoms with van der Waals surface area (Å²) in [5.74, 6) is 1.33. The van der Waals surface area contributed by atoms with Crippen molar-refractivity contribution in [1.82, 2.24) is 5.32 Å². The maximum atomic E-state index is 11.7. The highest BCUT2D eigenvalue weighted by Crippen LogP contribution is 2.30. The zero-order valence-electron chi connectivity index (χ0n) is 9.95. The van der Waals surface area contributed by atoms with Gasteiger partial charge in [0.1, 0.15) is 0 Å². The van der Waals surface area contributed by atoms with Gasteiger partial charge in [0.25, 0.3) is 0 Å². The van der Waals surface area contributed by atoms with E-state index < -0.39 is 0 Å². The van der Waals surface area contributed by atoms with Gasteiger partial charge >= 0.3 is 0 Å². The minimum Gasteiger partial charge on any atom is -0.353 e. The normalized spacial score (nSPS) is 37.4. The Bertz CT molecular complexity index is 247. The second-order valence-corrected chi connectivity index (χ2v) is 5.30. The van der Waals surface area contributed by atoms with E-state index in [0.29, 0.717) is 24.3 Å². The molecule has 0 aliphatic heterocycles. The average molecular weight is 247 g/mol. The fourth-order valence-electron chi connectivity index (χ4n) is 2.52. The Morgan fingerprint density at radius 3 is 2.56 bits per heavy atom. The van der Waals surface area contributed by atoms with Gasteiger partial charge in [0.15, 0.2) is 0 Å². The van der Waals surface area contributed by atoms with Gasteiger partial charge in [-0.2, -0.15) is 0 Å². The Balaban J connectivity index is 0.00000128. The van der Waals surface area contributed by atoms with Gasteiger partial charge in [-0.3, -0.25) is 4.79 Å². The van der Waals surface area contributed by atoms with E-state index >= 15 is 0 Å². The molecular weight excluding hydrogens is 224 g/mol. The summed E-state index contributed by atoms with van der Waals surface area (Å²) in [5, 5.41) is 3.08. The van der Waals surface area contributed by atoms with Crippen molar-refractivity contribution in [2.24, 2.45) is 17.6 Å². The van der Waals surface area contributed by atoms with Crippen LogP contribution in [0.1, 0.15) is 45.4 Å². The van der Waals surface area contributed by atoms with Gasteiger partial charge in [-0.1, -0.05) is 19.8 Å². The Morgan fingerprint density at radius 1 is 1.38 bits per heavy atom. The zero-order valence-corrected chi connectivity index (χ0v) is 10.8. The third-order valence-electron chi connectivity index (χ3n) is 3.87. The monoisotopic (exact) mass is 246 g/mol. The van der Waals surface area contributed by atoms with E-state index in [1.54, 1.807) is 0 Å². The van der Waals surface area contributed by atoms with Gasteiger partial charge < -0.3 is 11.1 Å². The molecule has 0 saturated heterocycles. The summed E-state index contributed by atoms with van der Waals surface area (Å²) in [4.78, 5) is 11.7. The van der Waals surface area contributed by atoms with E-state index in [9.17, 15) is 4.79 Å². The van der Waals surface area contributed by atoms with E-state index in [1.807, 2.05) is 0 Å². The maximum Gasteiger partial charge on any atom is 0.220 e. The summed E-state index contributed by atoms with van der Waals surface area (Å²) >= 11 is 0. The Morgan fingerprint density at radius 2 is 2.00 bits per heavy atom. The smallest absolute Gasteiger partial charge is 0.220 e. The van der Waals surface area contributed by atoms with Crippen molar-refractivity contribution in [3.63, 3.8) is 0 Å². The molecule has 3 N–H and O–H groups in total. The first-order valence-corrected chi connectivity index (χ1v) is 6.21. The van der Waals surface area contributed by atoms with Gasteiger partial charge in [0, 0.05) is 18.5 Å². The summed E-state index contributed by atoms with van der Waals surface area (Å²) in [6, 6.07) is 0.707. The van der Waals surface area contributed by atoms with E-state index in [0.717, 1.165) is 19.3 Å². The number of hydrogen-bond donors (Lipinski definition) is 2. The van der Waals surface area contributed by atoms with Crippen molar-refractivity contribution >= 4 is 18.3 Å². The van der Waals surface area contributed by atoms with E-state index in [1.165, 1.54) is 12.8 Å². The van der Waals surface area contributed by atoms with Gasteiger partial charge in [-0.25, -0.2) is 0 Å². The molecule has 0 heterocycles. The van der Waals surface area contributed by atoms with Crippen molar-refractivity contribution in [3.05, 3.63) is 0 Å². The van der Waals surface area contributed by atoms with Crippen LogP contribution >= 0.6 is 12.4 Å². The van der Waals surface area contributed by atoms with Crippen molar-refractivity contribution in [2.75, 3.05) is 0 Å². The molecule has 0 aromatic carbocycles. The van der Waals surface area contributed by atoms with Crippen molar-refractivity contribution in [3.8, 4) is 0 Å². The molecule has 0 aromatic heterocycles. The number of amides is 1. The van der Waals surface area contributed by atoms with Crippen LogP contribution in [0.25, 0.3) is 0 Å². The number of carbonyl (C=O) groups is 1. The first-order valence-electron chi connectivity index (χ1n) is 6.21. The van der Waals surface area contributed by atoms with Crippen LogP contribution in [0.15, 0.2) is 0 Å². The van der Waals surface area contributed by atoms with E-state index in [2.05, 4.69) is 12.2 Å². The first kappa shape index (κ1) is 13.8. The molecule has 4 atom stereocenters. The molecule has 2 aliphatic rings. The molecule has 2 fully saturated rings. The molecule has 0 radical (unpaired) electrons. The lowest BCUT2D eigenvalue weighted by Gasteiger charge is -2.27. The molecular formula is C12H23ClN2O. The largest absolute Gasteiger partial charge is 0.353 e. The fourth-order valence-corrected chi connectivity index (χ4v) is 2.52. The standard InChI is InChI=1S/C12H22N2O.ClH/c1-8-6-11(8)14-12(15)7-9-4-2-3-5-10(9)13;/h8-11H,2-7,13H2,1H3,(H,14,15);1H. The van der Waals surface area contributed by atoms with Crippen LogP contribution in [0.2, 0.25) is 0 Å². The predicted molar refractivity (Wildman–Crippen MR) is 67.5 cm³/mol. The van der Waals surface area contributed by atoms with Gasteiger partial charge in [0.2, 0.25) is 5.91 Å². The molecule has 94 valence electrons. The summed E-state index contributed by atoms with van der Waals surface area (Å²) in [7, 11) is 0. The lowest BCUT2D eigenvalue weighted by atomic mass is 9.83. The quantitative estimate of drug-likeness (QED) is 0.799. The summed E-state index contributed by atoms with van der Waals surface area (Å²) in [5.41, 5.74) is 6.02. The molecule has 16 heavy (non-hydrogen) atoms. The number of nitrogens with one attached hydrogen (secondary N) is 1. The molecule has 0 aromatic rings. The predicted octanol–water partition coefficient (Wildman–Crippen LogP) is 1.84. The Hall–Kier alpha value is -0.280. The average Bonchev–Trinajstić information content (AvgIpc) is 2.86. The molecule has 2 aliphatic carbocycles. The lowest BCUT2D eigenvalue weighted by Crippen LogP contribution is -2.37. The Labute approximate surface area is 104 Å². The van der Waals surface area contributed by atoms with E-state index in [-0.39, 0.29) is 24.4 Å². The maximum absolute atomic E-state index is 11.7. The molecule has 4 unspecified atom stereocenters. The molecule has 4 heteroatoms. The van der Waals surface area contributed by atoms with Gasteiger partial charge in [0.05, 0.1) is 0 Å². The van der Waals surface area contributed by atoms with Gasteiger partial charge in [-0.15, -0.1) is 12.4 Å². The zero-order chi connectivity index (χ0) is 10.8. The highest BCUT2D eigenvalue weighted by molar-refractivity contribution is 5.85. The molecule has 2 rings (SSSR count). The topological polar surface area (TPSA) is 55.1 Å². The van der Waals surface area contributed by atoms with Crippen LogP contribution in [-0.4, -0.2) is 18.0 Å². The minimum absolute atomic E-state index is 0. The second kappa shape index (κ2) is 5.87. The summed E-state index contributed by atoms with van der Waals surface area (Å²) < 4.78 is 0. The Kier molecular flexibility index (Phi) is 5.06. The molecule has 0 bridgehead atoms. The highest BCUT2D eigenvalue weighted by Gasteiger charge is 2.34.